The van der Waals surface area contributed by atoms with E-state index in [0.717, 1.165) is 18.6 Å². The predicted octanol–water partition coefficient (Wildman–Crippen LogP) is 1.93. The topological polar surface area (TPSA) is 18.5 Å². The number of nitrogens with one attached hydrogen (secondary N) is 1. The van der Waals surface area contributed by atoms with Gasteiger partial charge in [0.25, 0.3) is 0 Å². The van der Waals surface area contributed by atoms with Crippen molar-refractivity contribution in [3.8, 4) is 0 Å². The Kier molecular flexibility index (Phi) is 5.93. The highest BCUT2D eigenvalue weighted by Gasteiger charge is 2.29. The molecule has 0 spiro atoms. The summed E-state index contributed by atoms with van der Waals surface area (Å²) in [6, 6.07) is 1.63. The molecule has 0 aromatic heterocycles. The third kappa shape index (κ3) is 3.94. The lowest BCUT2D eigenvalue weighted by atomic mass is 10.1. The molecule has 0 aliphatic carbocycles. The fraction of sp³-hybridized carbons (Fsp3) is 1.00. The normalized spacial score (nSPS) is 28.0. The van der Waals surface area contributed by atoms with Crippen LogP contribution in [0.1, 0.15) is 46.0 Å². The maximum absolute atomic E-state index is 3.43. The first-order valence-electron chi connectivity index (χ1n) is 8.00. The van der Waals surface area contributed by atoms with Crippen molar-refractivity contribution in [1.29, 1.82) is 0 Å². The van der Waals surface area contributed by atoms with Crippen molar-refractivity contribution < 1.29 is 0 Å². The Morgan fingerprint density at radius 3 is 2.89 bits per heavy atom. The Hall–Kier alpha value is -0.120. The third-order valence-corrected chi connectivity index (χ3v) is 4.68. The second-order valence-corrected chi connectivity index (χ2v) is 6.03. The van der Waals surface area contributed by atoms with Crippen LogP contribution in [-0.2, 0) is 0 Å². The van der Waals surface area contributed by atoms with Gasteiger partial charge in [0.05, 0.1) is 0 Å². The largest absolute Gasteiger partial charge is 0.317 e. The molecule has 2 heterocycles. The molecule has 3 nitrogen and oxygen atoms in total. The van der Waals surface area contributed by atoms with Crippen LogP contribution in [-0.4, -0.2) is 61.2 Å². The molecule has 106 valence electrons. The highest BCUT2D eigenvalue weighted by atomic mass is 15.3. The highest BCUT2D eigenvalue weighted by Crippen LogP contribution is 2.23. The van der Waals surface area contributed by atoms with Crippen molar-refractivity contribution in [2.24, 2.45) is 0 Å². The Bertz CT molecular complexity index is 232. The molecular weight excluding hydrogens is 222 g/mol. The molecule has 0 bridgehead atoms. The van der Waals surface area contributed by atoms with Crippen LogP contribution in [0, 0.1) is 0 Å². The van der Waals surface area contributed by atoms with Gasteiger partial charge in [0, 0.05) is 18.6 Å². The monoisotopic (exact) mass is 253 g/mol. The van der Waals surface area contributed by atoms with Crippen LogP contribution < -0.4 is 5.32 Å². The summed E-state index contributed by atoms with van der Waals surface area (Å²) in [4.78, 5) is 5.48. The minimum atomic E-state index is 0.768. The van der Waals surface area contributed by atoms with E-state index in [2.05, 4.69) is 29.0 Å². The molecule has 0 amide bonds. The van der Waals surface area contributed by atoms with E-state index in [-0.39, 0.29) is 0 Å². The zero-order chi connectivity index (χ0) is 12.8. The molecule has 18 heavy (non-hydrogen) atoms. The van der Waals surface area contributed by atoms with Gasteiger partial charge >= 0.3 is 0 Å². The summed E-state index contributed by atoms with van der Waals surface area (Å²) in [5.41, 5.74) is 0. The predicted molar refractivity (Wildman–Crippen MR) is 78.0 cm³/mol. The molecule has 0 aromatic rings. The van der Waals surface area contributed by atoms with Crippen LogP contribution in [0.4, 0.5) is 0 Å². The van der Waals surface area contributed by atoms with Crippen LogP contribution in [0.2, 0.25) is 0 Å². The van der Waals surface area contributed by atoms with Gasteiger partial charge < -0.3 is 5.32 Å². The summed E-state index contributed by atoms with van der Waals surface area (Å²) >= 11 is 0. The SMILES string of the molecule is CCNCCCC(C)N1CCCN2CCCC2C1. The molecule has 3 heteroatoms. The summed E-state index contributed by atoms with van der Waals surface area (Å²) in [6.07, 6.45) is 6.89. The molecule has 0 saturated carbocycles. The van der Waals surface area contributed by atoms with Crippen molar-refractivity contribution in [3.63, 3.8) is 0 Å². The van der Waals surface area contributed by atoms with Crippen molar-refractivity contribution in [2.45, 2.75) is 58.0 Å². The Labute approximate surface area is 113 Å². The molecular formula is C15H31N3. The second-order valence-electron chi connectivity index (χ2n) is 6.03. The van der Waals surface area contributed by atoms with E-state index in [1.54, 1.807) is 0 Å². The van der Waals surface area contributed by atoms with E-state index in [1.165, 1.54) is 64.8 Å². The lowest BCUT2D eigenvalue weighted by Gasteiger charge is -2.30. The minimum Gasteiger partial charge on any atom is -0.317 e. The maximum Gasteiger partial charge on any atom is 0.0223 e. The molecule has 2 aliphatic rings. The van der Waals surface area contributed by atoms with Gasteiger partial charge in [-0.05, 0) is 71.8 Å². The Morgan fingerprint density at radius 2 is 2.06 bits per heavy atom. The summed E-state index contributed by atoms with van der Waals surface area (Å²) in [5.74, 6) is 0. The van der Waals surface area contributed by atoms with Crippen molar-refractivity contribution in [1.82, 2.24) is 15.1 Å². The lowest BCUT2D eigenvalue weighted by molar-refractivity contribution is 0.173. The molecule has 2 atom stereocenters. The van der Waals surface area contributed by atoms with Gasteiger partial charge in [-0.3, -0.25) is 9.80 Å². The molecule has 2 unspecified atom stereocenters. The van der Waals surface area contributed by atoms with E-state index in [0.29, 0.717) is 0 Å². The molecule has 0 radical (unpaired) electrons. The fourth-order valence-electron chi connectivity index (χ4n) is 3.52. The van der Waals surface area contributed by atoms with Gasteiger partial charge in [0.2, 0.25) is 0 Å². The van der Waals surface area contributed by atoms with Gasteiger partial charge in [-0.1, -0.05) is 6.92 Å². The molecule has 2 rings (SSSR count). The highest BCUT2D eigenvalue weighted by molar-refractivity contribution is 4.86. The standard InChI is InChI=1S/C15H31N3/c1-3-16-9-4-7-14(2)18-12-6-11-17-10-5-8-15(17)13-18/h14-16H,3-13H2,1-2H3. The second kappa shape index (κ2) is 7.46. The van der Waals surface area contributed by atoms with Gasteiger partial charge in [0.15, 0.2) is 0 Å². The van der Waals surface area contributed by atoms with Crippen LogP contribution in [0.5, 0.6) is 0 Å². The summed E-state index contributed by atoms with van der Waals surface area (Å²) in [6.45, 7) is 12.2. The first-order chi connectivity index (χ1) is 8.81. The zero-order valence-corrected chi connectivity index (χ0v) is 12.3. The average molecular weight is 253 g/mol. The first-order valence-corrected chi connectivity index (χ1v) is 8.00. The smallest absolute Gasteiger partial charge is 0.0223 e. The van der Waals surface area contributed by atoms with Crippen LogP contribution in [0.3, 0.4) is 0 Å². The maximum atomic E-state index is 3.43. The fourth-order valence-corrected chi connectivity index (χ4v) is 3.52. The van der Waals surface area contributed by atoms with E-state index in [9.17, 15) is 0 Å². The number of hydrogen-bond donors (Lipinski definition) is 1. The van der Waals surface area contributed by atoms with Crippen LogP contribution in [0.15, 0.2) is 0 Å². The number of hydrogen-bond acceptors (Lipinski definition) is 3. The minimum absolute atomic E-state index is 0.768. The number of nitrogens with zero attached hydrogens (tertiary/aromatic N) is 2. The van der Waals surface area contributed by atoms with Gasteiger partial charge in [-0.25, -0.2) is 0 Å². The van der Waals surface area contributed by atoms with Crippen molar-refractivity contribution >= 4 is 0 Å². The van der Waals surface area contributed by atoms with Crippen molar-refractivity contribution in [2.75, 3.05) is 39.3 Å². The average Bonchev–Trinajstić information content (AvgIpc) is 2.71. The Morgan fingerprint density at radius 1 is 1.22 bits per heavy atom. The van der Waals surface area contributed by atoms with E-state index in [1.807, 2.05) is 0 Å². The quantitative estimate of drug-likeness (QED) is 0.730. The molecule has 0 aromatic carbocycles. The number of fused-ring (bicyclic) bond motifs is 1. The van der Waals surface area contributed by atoms with Crippen LogP contribution >= 0.6 is 0 Å². The zero-order valence-electron chi connectivity index (χ0n) is 12.3. The van der Waals surface area contributed by atoms with Crippen molar-refractivity contribution in [3.05, 3.63) is 0 Å². The van der Waals surface area contributed by atoms with E-state index >= 15 is 0 Å². The van der Waals surface area contributed by atoms with E-state index < -0.39 is 0 Å². The molecule has 2 saturated heterocycles. The number of rotatable bonds is 6. The van der Waals surface area contributed by atoms with Gasteiger partial charge in [-0.2, -0.15) is 0 Å². The molecule has 2 fully saturated rings. The summed E-state index contributed by atoms with van der Waals surface area (Å²) in [5, 5.41) is 3.43. The summed E-state index contributed by atoms with van der Waals surface area (Å²) < 4.78 is 0. The third-order valence-electron chi connectivity index (χ3n) is 4.68. The summed E-state index contributed by atoms with van der Waals surface area (Å²) in [7, 11) is 0. The van der Waals surface area contributed by atoms with E-state index in [4.69, 9.17) is 0 Å². The lowest BCUT2D eigenvalue weighted by Crippen LogP contribution is -2.41. The van der Waals surface area contributed by atoms with Crippen LogP contribution in [0.25, 0.3) is 0 Å². The molecule has 2 aliphatic heterocycles. The van der Waals surface area contributed by atoms with Gasteiger partial charge in [-0.15, -0.1) is 0 Å². The van der Waals surface area contributed by atoms with Gasteiger partial charge in [0.1, 0.15) is 0 Å². The Balaban J connectivity index is 1.73. The first kappa shape index (κ1) is 14.3. The molecule has 1 N–H and O–H groups in total.